The summed E-state index contributed by atoms with van der Waals surface area (Å²) in [6.45, 7) is -0.391. The molecule has 0 bridgehead atoms. The summed E-state index contributed by atoms with van der Waals surface area (Å²) in [5.74, 6) is -0.496. The minimum Gasteiger partial charge on any atom is -0.495 e. The molecule has 0 aliphatic carbocycles. The van der Waals surface area contributed by atoms with E-state index in [0.717, 1.165) is 5.69 Å². The third kappa shape index (κ3) is 4.07. The lowest BCUT2D eigenvalue weighted by Crippen LogP contribution is -2.21. The van der Waals surface area contributed by atoms with Crippen LogP contribution in [0.15, 0.2) is 67.0 Å². The van der Waals surface area contributed by atoms with E-state index in [9.17, 15) is 9.59 Å². The van der Waals surface area contributed by atoms with E-state index in [1.807, 2.05) is 6.07 Å². The summed E-state index contributed by atoms with van der Waals surface area (Å²) in [5, 5.41) is 6.76. The number of nitrogens with zero attached hydrogens (tertiary/aromatic N) is 2. The minimum atomic E-state index is -0.577. The number of nitrogens with one attached hydrogen (secondary N) is 1. The van der Waals surface area contributed by atoms with Gasteiger partial charge in [0.15, 0.2) is 6.61 Å². The lowest BCUT2D eigenvalue weighted by atomic mass is 10.2. The van der Waals surface area contributed by atoms with Crippen molar-refractivity contribution in [2.45, 2.75) is 0 Å². The average molecular weight is 351 g/mol. The highest BCUT2D eigenvalue weighted by molar-refractivity contribution is 5.96. The quantitative estimate of drug-likeness (QED) is 0.691. The number of rotatable bonds is 6. The highest BCUT2D eigenvalue weighted by Crippen LogP contribution is 2.22. The van der Waals surface area contributed by atoms with Crippen LogP contribution in [0.1, 0.15) is 10.4 Å². The highest BCUT2D eigenvalue weighted by atomic mass is 16.5. The SMILES string of the molecule is COc1ccccc1NC(=O)COC(=O)c1ccc(-n2cccn2)cc1. The van der Waals surface area contributed by atoms with Gasteiger partial charge in [-0.05, 0) is 42.5 Å². The lowest BCUT2D eigenvalue weighted by Gasteiger charge is -2.10. The van der Waals surface area contributed by atoms with Crippen LogP contribution in [0.25, 0.3) is 5.69 Å². The van der Waals surface area contributed by atoms with Crippen LogP contribution >= 0.6 is 0 Å². The summed E-state index contributed by atoms with van der Waals surface area (Å²) in [7, 11) is 1.51. The van der Waals surface area contributed by atoms with E-state index < -0.39 is 18.5 Å². The maximum atomic E-state index is 12.1. The zero-order chi connectivity index (χ0) is 18.4. The monoisotopic (exact) mass is 351 g/mol. The van der Waals surface area contributed by atoms with Crippen molar-refractivity contribution in [1.29, 1.82) is 0 Å². The van der Waals surface area contributed by atoms with Gasteiger partial charge in [-0.3, -0.25) is 4.79 Å². The molecule has 1 N–H and O–H groups in total. The summed E-state index contributed by atoms with van der Waals surface area (Å²) >= 11 is 0. The van der Waals surface area contributed by atoms with Crippen LogP contribution < -0.4 is 10.1 Å². The topological polar surface area (TPSA) is 82.5 Å². The third-order valence-electron chi connectivity index (χ3n) is 3.59. The second-order valence-corrected chi connectivity index (χ2v) is 5.32. The molecule has 0 atom stereocenters. The second kappa shape index (κ2) is 7.98. The maximum Gasteiger partial charge on any atom is 0.338 e. The summed E-state index contributed by atoms with van der Waals surface area (Å²) in [4.78, 5) is 24.0. The van der Waals surface area contributed by atoms with Gasteiger partial charge < -0.3 is 14.8 Å². The molecule has 132 valence electrons. The fourth-order valence-corrected chi connectivity index (χ4v) is 2.32. The number of amides is 1. The fourth-order valence-electron chi connectivity index (χ4n) is 2.32. The van der Waals surface area contributed by atoms with Crippen molar-refractivity contribution >= 4 is 17.6 Å². The molecule has 0 fully saturated rings. The van der Waals surface area contributed by atoms with Crippen molar-refractivity contribution in [3.63, 3.8) is 0 Å². The number of benzene rings is 2. The largest absolute Gasteiger partial charge is 0.495 e. The third-order valence-corrected chi connectivity index (χ3v) is 3.59. The molecule has 3 rings (SSSR count). The first kappa shape index (κ1) is 17.2. The first-order chi connectivity index (χ1) is 12.7. The Morgan fingerprint density at radius 1 is 1.08 bits per heavy atom. The Bertz CT molecular complexity index is 889. The van der Waals surface area contributed by atoms with E-state index in [1.54, 1.807) is 65.6 Å². The summed E-state index contributed by atoms with van der Waals surface area (Å²) in [6.07, 6.45) is 3.47. The Balaban J connectivity index is 1.55. The molecule has 26 heavy (non-hydrogen) atoms. The van der Waals surface area contributed by atoms with E-state index in [4.69, 9.17) is 9.47 Å². The van der Waals surface area contributed by atoms with Gasteiger partial charge in [0, 0.05) is 12.4 Å². The minimum absolute atomic E-state index is 0.353. The normalized spacial score (nSPS) is 10.2. The molecule has 7 heteroatoms. The van der Waals surface area contributed by atoms with E-state index in [0.29, 0.717) is 17.0 Å². The van der Waals surface area contributed by atoms with E-state index in [1.165, 1.54) is 7.11 Å². The van der Waals surface area contributed by atoms with Gasteiger partial charge in [0.25, 0.3) is 5.91 Å². The number of methoxy groups -OCH3 is 1. The molecule has 0 aliphatic rings. The van der Waals surface area contributed by atoms with E-state index in [-0.39, 0.29) is 0 Å². The second-order valence-electron chi connectivity index (χ2n) is 5.32. The van der Waals surface area contributed by atoms with Gasteiger partial charge in [-0.2, -0.15) is 5.10 Å². The predicted molar refractivity (Wildman–Crippen MR) is 95.5 cm³/mol. The van der Waals surface area contributed by atoms with Crippen LogP contribution in [0.5, 0.6) is 5.75 Å². The number of hydrogen-bond donors (Lipinski definition) is 1. The van der Waals surface area contributed by atoms with Gasteiger partial charge in [-0.1, -0.05) is 12.1 Å². The number of esters is 1. The van der Waals surface area contributed by atoms with Crippen LogP contribution in [0, 0.1) is 0 Å². The van der Waals surface area contributed by atoms with E-state index >= 15 is 0 Å². The van der Waals surface area contributed by atoms with Gasteiger partial charge in [-0.15, -0.1) is 0 Å². The molecule has 0 saturated carbocycles. The number of hydrogen-bond acceptors (Lipinski definition) is 5. The zero-order valence-corrected chi connectivity index (χ0v) is 14.1. The first-order valence-electron chi connectivity index (χ1n) is 7.87. The molecular formula is C19H17N3O4. The number of carbonyl (C=O) groups excluding carboxylic acids is 2. The number of carbonyl (C=O) groups is 2. The molecule has 1 amide bonds. The van der Waals surface area contributed by atoms with Crippen LogP contribution in [0.2, 0.25) is 0 Å². The van der Waals surface area contributed by atoms with Crippen molar-refractivity contribution < 1.29 is 19.1 Å². The van der Waals surface area contributed by atoms with Gasteiger partial charge in [0.2, 0.25) is 0 Å². The van der Waals surface area contributed by atoms with Crippen LogP contribution in [0.4, 0.5) is 5.69 Å². The van der Waals surface area contributed by atoms with Crippen molar-refractivity contribution in [3.05, 3.63) is 72.6 Å². The summed E-state index contributed by atoms with van der Waals surface area (Å²) in [6, 6.07) is 15.5. The molecular weight excluding hydrogens is 334 g/mol. The van der Waals surface area contributed by atoms with E-state index in [2.05, 4.69) is 10.4 Å². The van der Waals surface area contributed by atoms with Gasteiger partial charge in [0.05, 0.1) is 24.0 Å². The Morgan fingerprint density at radius 3 is 2.54 bits per heavy atom. The van der Waals surface area contributed by atoms with Gasteiger partial charge in [-0.25, -0.2) is 9.48 Å². The van der Waals surface area contributed by atoms with Crippen LogP contribution in [0.3, 0.4) is 0 Å². The van der Waals surface area contributed by atoms with Crippen molar-refractivity contribution in [2.75, 3.05) is 19.0 Å². The predicted octanol–water partition coefficient (Wildman–Crippen LogP) is 2.68. The fraction of sp³-hybridized carbons (Fsp3) is 0.105. The Labute approximate surface area is 150 Å². The molecule has 0 unspecified atom stereocenters. The molecule has 1 aromatic heterocycles. The molecule has 0 spiro atoms. The maximum absolute atomic E-state index is 12.1. The summed E-state index contributed by atoms with van der Waals surface area (Å²) in [5.41, 5.74) is 1.69. The standard InChI is InChI=1S/C19H17N3O4/c1-25-17-6-3-2-5-16(17)21-18(23)13-26-19(24)14-7-9-15(10-8-14)22-12-4-11-20-22/h2-12H,13H2,1H3,(H,21,23). The number of ether oxygens (including phenoxy) is 2. The number of para-hydroxylation sites is 2. The van der Waals surface area contributed by atoms with Crippen molar-refractivity contribution in [1.82, 2.24) is 9.78 Å². The number of anilines is 1. The molecule has 7 nitrogen and oxygen atoms in total. The molecule has 0 saturated heterocycles. The number of aromatic nitrogens is 2. The smallest absolute Gasteiger partial charge is 0.338 e. The molecule has 1 heterocycles. The van der Waals surface area contributed by atoms with Gasteiger partial charge >= 0.3 is 5.97 Å². The highest BCUT2D eigenvalue weighted by Gasteiger charge is 2.12. The van der Waals surface area contributed by atoms with Crippen LogP contribution in [-0.4, -0.2) is 35.4 Å². The lowest BCUT2D eigenvalue weighted by molar-refractivity contribution is -0.119. The molecule has 2 aromatic carbocycles. The Hall–Kier alpha value is -3.61. The zero-order valence-electron chi connectivity index (χ0n) is 14.1. The first-order valence-corrected chi connectivity index (χ1v) is 7.87. The molecule has 0 radical (unpaired) electrons. The molecule has 3 aromatic rings. The Morgan fingerprint density at radius 2 is 1.85 bits per heavy atom. The average Bonchev–Trinajstić information content (AvgIpc) is 3.21. The Kier molecular flexibility index (Phi) is 5.28. The van der Waals surface area contributed by atoms with Crippen LogP contribution in [-0.2, 0) is 9.53 Å². The van der Waals surface area contributed by atoms with Gasteiger partial charge in [0.1, 0.15) is 5.75 Å². The van der Waals surface area contributed by atoms with Crippen molar-refractivity contribution in [2.24, 2.45) is 0 Å². The summed E-state index contributed by atoms with van der Waals surface area (Å²) < 4.78 is 11.9. The molecule has 0 aliphatic heterocycles. The van der Waals surface area contributed by atoms with Crippen molar-refractivity contribution in [3.8, 4) is 11.4 Å².